The van der Waals surface area contributed by atoms with Gasteiger partial charge in [0.1, 0.15) is 10.6 Å². The maximum Gasteiger partial charge on any atom is 0.204 e. The van der Waals surface area contributed by atoms with Crippen LogP contribution >= 0.6 is 24.0 Å². The van der Waals surface area contributed by atoms with Crippen LogP contribution in [0, 0.1) is 0 Å². The van der Waals surface area contributed by atoms with Crippen LogP contribution in [0.5, 0.6) is 0 Å². The van der Waals surface area contributed by atoms with E-state index in [1.165, 1.54) is 71.6 Å². The summed E-state index contributed by atoms with van der Waals surface area (Å²) in [6, 6.07) is 0. The lowest BCUT2D eigenvalue weighted by molar-refractivity contribution is -0.106. The minimum Gasteiger partial charge on any atom is -0.390 e. The number of carbonyl (C=O) groups excluding carboxylic acids is 1. The fourth-order valence-corrected chi connectivity index (χ4v) is 5.19. The van der Waals surface area contributed by atoms with Crippen LogP contribution in [-0.2, 0) is 41.7 Å². The number of aliphatic hydroxyl groups is 2. The summed E-state index contributed by atoms with van der Waals surface area (Å²) in [6.07, 6.45) is 6.35. The molecule has 172 valence electrons. The summed E-state index contributed by atoms with van der Waals surface area (Å²) in [5, 5.41) is 22.4. The van der Waals surface area contributed by atoms with Gasteiger partial charge < -0.3 is 21.3 Å². The van der Waals surface area contributed by atoms with Gasteiger partial charge in [-0.25, -0.2) is 4.98 Å². The molecule has 5 N–H and O–H groups in total. The second kappa shape index (κ2) is 10.3. The first-order chi connectivity index (χ1) is 14.5. The number of carbonyl (C=O) groups is 1. The Morgan fingerprint density at radius 2 is 1.90 bits per heavy atom. The van der Waals surface area contributed by atoms with Crippen molar-refractivity contribution in [1.29, 1.82) is 0 Å². The number of thiol groups is 1. The maximum absolute atomic E-state index is 9.55. The van der Waals surface area contributed by atoms with Gasteiger partial charge in [-0.05, 0) is 57.1 Å². The lowest BCUT2D eigenvalue weighted by Gasteiger charge is -2.20. The van der Waals surface area contributed by atoms with Crippen LogP contribution in [-0.4, -0.2) is 33.6 Å². The van der Waals surface area contributed by atoms with Crippen molar-refractivity contribution in [1.82, 2.24) is 9.97 Å². The molecule has 2 aliphatic carbocycles. The molecule has 9 heteroatoms. The molecule has 2 heterocycles. The van der Waals surface area contributed by atoms with Crippen LogP contribution in [0.4, 0.5) is 5.69 Å². The van der Waals surface area contributed by atoms with Crippen LogP contribution in [0.25, 0.3) is 0 Å². The van der Waals surface area contributed by atoms with E-state index >= 15 is 0 Å². The van der Waals surface area contributed by atoms with Crippen molar-refractivity contribution in [3.05, 3.63) is 33.2 Å². The van der Waals surface area contributed by atoms with Gasteiger partial charge in [0.2, 0.25) is 6.41 Å². The number of nitrogens with two attached hydrogens (primary N) is 1. The molecule has 7 nitrogen and oxygen atoms in total. The number of nitrogens with zero attached hydrogens (tertiary/aromatic N) is 2. The Kier molecular flexibility index (Phi) is 8.49. The highest BCUT2D eigenvalue weighted by Crippen LogP contribution is 2.43. The third-order valence-corrected chi connectivity index (χ3v) is 7.31. The summed E-state index contributed by atoms with van der Waals surface area (Å²) in [5.41, 5.74) is 11.1. The molecule has 0 spiro atoms. The Balaban J connectivity index is 0.000000203. The van der Waals surface area contributed by atoms with Crippen LogP contribution < -0.4 is 11.1 Å². The topological polar surface area (TPSA) is 121 Å². The molecule has 0 fully saturated rings. The molecular weight excluding hydrogens is 432 g/mol. The van der Waals surface area contributed by atoms with Gasteiger partial charge in [-0.15, -0.1) is 24.0 Å². The number of nitrogens with one attached hydrogen (secondary N) is 1. The third-order valence-electron chi connectivity index (χ3n) is 5.57. The summed E-state index contributed by atoms with van der Waals surface area (Å²) in [6.45, 7) is 7.82. The van der Waals surface area contributed by atoms with Gasteiger partial charge in [-0.2, -0.15) is 0 Å². The molecular formula is C22H34N4O3S2. The monoisotopic (exact) mass is 466 g/mol. The molecule has 2 aliphatic rings. The van der Waals surface area contributed by atoms with E-state index < -0.39 is 5.60 Å². The number of thiazole rings is 1. The van der Waals surface area contributed by atoms with Crippen LogP contribution in [0.1, 0.15) is 73.8 Å². The second-order valence-corrected chi connectivity index (χ2v) is 10.6. The number of rotatable bonds is 3. The van der Waals surface area contributed by atoms with Gasteiger partial charge in [0, 0.05) is 23.8 Å². The maximum atomic E-state index is 9.55. The van der Waals surface area contributed by atoms with Crippen molar-refractivity contribution in [2.45, 2.75) is 81.6 Å². The Labute approximate surface area is 193 Å². The number of anilines is 1. The number of amides is 1. The minimum absolute atomic E-state index is 0.134. The van der Waals surface area contributed by atoms with Crippen molar-refractivity contribution in [2.24, 2.45) is 5.73 Å². The zero-order chi connectivity index (χ0) is 23.4. The molecule has 0 saturated heterocycles. The van der Waals surface area contributed by atoms with Crippen molar-refractivity contribution >= 4 is 36.1 Å². The van der Waals surface area contributed by atoms with Gasteiger partial charge in [0.15, 0.2) is 0 Å². The minimum atomic E-state index is -0.949. The number of aryl methyl sites for hydroxylation is 1. The van der Waals surface area contributed by atoms with E-state index in [1.54, 1.807) is 13.8 Å². The van der Waals surface area contributed by atoms with Gasteiger partial charge in [0.05, 0.1) is 22.2 Å². The Morgan fingerprint density at radius 3 is 2.39 bits per heavy atom. The molecule has 0 bridgehead atoms. The standard InChI is InChI=1S/C14H20N2.C7H11NO2S2.CH3NO/c1-14(2)8-7-10-12(15-3)9-5-4-6-11(9)16-13(10)14;1-7(2,10)6-8-4(3-9)5(11)12-6;2-1-3/h4-8H2,1-3H3,(H,15,16);9-11H,3H2,1-2H3;1H,(H2,2,3). The predicted molar refractivity (Wildman–Crippen MR) is 128 cm³/mol. The highest BCUT2D eigenvalue weighted by Gasteiger charge is 2.35. The number of hydrogen-bond acceptors (Lipinski definition) is 8. The molecule has 4 rings (SSSR count). The molecule has 0 aromatic carbocycles. The first kappa shape index (κ1) is 25.6. The van der Waals surface area contributed by atoms with Gasteiger partial charge >= 0.3 is 0 Å². The van der Waals surface area contributed by atoms with E-state index in [0.29, 0.717) is 14.9 Å². The summed E-state index contributed by atoms with van der Waals surface area (Å²) in [5.74, 6) is 0. The van der Waals surface area contributed by atoms with Gasteiger partial charge in [-0.3, -0.25) is 9.78 Å². The van der Waals surface area contributed by atoms with Crippen molar-refractivity contribution in [3.63, 3.8) is 0 Å². The van der Waals surface area contributed by atoms with Crippen LogP contribution in [0.15, 0.2) is 4.21 Å². The quantitative estimate of drug-likeness (QED) is 0.350. The van der Waals surface area contributed by atoms with E-state index in [9.17, 15) is 5.11 Å². The smallest absolute Gasteiger partial charge is 0.204 e. The fraction of sp³-hybridized carbons (Fsp3) is 0.591. The first-order valence-electron chi connectivity index (χ1n) is 10.4. The van der Waals surface area contributed by atoms with Crippen molar-refractivity contribution in [2.75, 3.05) is 12.4 Å². The Hall–Kier alpha value is -1.68. The molecule has 2 aromatic heterocycles. The normalized spacial score (nSPS) is 15.7. The fourth-order valence-electron chi connectivity index (χ4n) is 3.99. The summed E-state index contributed by atoms with van der Waals surface area (Å²) in [7, 11) is 2.06. The molecule has 0 unspecified atom stereocenters. The largest absolute Gasteiger partial charge is 0.390 e. The molecule has 1 amide bonds. The van der Waals surface area contributed by atoms with E-state index in [0.717, 1.165) is 0 Å². The van der Waals surface area contributed by atoms with Gasteiger partial charge in [-0.1, -0.05) is 13.8 Å². The zero-order valence-electron chi connectivity index (χ0n) is 18.9. The van der Waals surface area contributed by atoms with Crippen molar-refractivity contribution in [3.8, 4) is 0 Å². The average molecular weight is 467 g/mol. The number of fused-ring (bicyclic) bond motifs is 2. The summed E-state index contributed by atoms with van der Waals surface area (Å²) in [4.78, 5) is 17.6. The number of primary amides is 1. The summed E-state index contributed by atoms with van der Waals surface area (Å²) >= 11 is 5.40. The highest BCUT2D eigenvalue weighted by molar-refractivity contribution is 7.83. The van der Waals surface area contributed by atoms with E-state index in [4.69, 9.17) is 14.9 Å². The molecule has 0 aliphatic heterocycles. The zero-order valence-corrected chi connectivity index (χ0v) is 20.7. The van der Waals surface area contributed by atoms with E-state index in [1.807, 2.05) is 0 Å². The van der Waals surface area contributed by atoms with E-state index in [2.05, 4.69) is 49.6 Å². The van der Waals surface area contributed by atoms with Crippen LogP contribution in [0.3, 0.4) is 0 Å². The lowest BCUT2D eigenvalue weighted by Crippen LogP contribution is -2.15. The number of aliphatic hydroxyl groups excluding tert-OH is 1. The first-order valence-corrected chi connectivity index (χ1v) is 11.7. The predicted octanol–water partition coefficient (Wildman–Crippen LogP) is 3.09. The summed E-state index contributed by atoms with van der Waals surface area (Å²) < 4.78 is 0.662. The SMILES string of the molecule is CC(C)(O)c1nc(CO)c(S)s1.CNc1c2c(nc3c1CCC3(C)C)CCC2.NC=O. The van der Waals surface area contributed by atoms with Gasteiger partial charge in [0.25, 0.3) is 0 Å². The van der Waals surface area contributed by atoms with Crippen molar-refractivity contribution < 1.29 is 15.0 Å². The molecule has 0 atom stereocenters. The average Bonchev–Trinajstić information content (AvgIpc) is 3.38. The molecule has 2 aromatic rings. The lowest BCUT2D eigenvalue weighted by atomic mass is 9.90. The molecule has 0 radical (unpaired) electrons. The van der Waals surface area contributed by atoms with E-state index in [-0.39, 0.29) is 18.4 Å². The Morgan fingerprint density at radius 1 is 1.26 bits per heavy atom. The number of hydrogen-bond donors (Lipinski definition) is 5. The van der Waals surface area contributed by atoms with Crippen LogP contribution in [0.2, 0.25) is 0 Å². The third kappa shape index (κ3) is 5.77. The molecule has 31 heavy (non-hydrogen) atoms. The second-order valence-electron chi connectivity index (χ2n) is 8.85. The number of aromatic nitrogens is 2. The number of pyridine rings is 1. The highest BCUT2D eigenvalue weighted by atomic mass is 32.2. The molecule has 0 saturated carbocycles. The Bertz CT molecular complexity index is 920.